The van der Waals surface area contributed by atoms with Gasteiger partial charge in [0.1, 0.15) is 0 Å². The van der Waals surface area contributed by atoms with Crippen molar-refractivity contribution in [3.8, 4) is 0 Å². The minimum atomic E-state index is 0.695. The fourth-order valence-electron chi connectivity index (χ4n) is 4.15. The molecule has 0 aromatic heterocycles. The molecule has 2 nitrogen and oxygen atoms in total. The standard InChI is InChI=1S/C17H25BrN2/c1-20(17-4-2-3-14(17)11-19)16-8-6-12-9-15(18)7-5-13(12)10-16/h5,7,9,14,16-17H,2-4,6,8,10-11,19H2,1H3. The van der Waals surface area contributed by atoms with E-state index in [0.717, 1.165) is 6.54 Å². The second-order valence-electron chi connectivity index (χ2n) is 6.47. The summed E-state index contributed by atoms with van der Waals surface area (Å²) in [6.45, 7) is 0.852. The molecule has 0 aliphatic heterocycles. The smallest absolute Gasteiger partial charge is 0.0178 e. The Morgan fingerprint density at radius 1 is 1.25 bits per heavy atom. The first-order valence-corrected chi connectivity index (χ1v) is 8.67. The molecule has 2 aliphatic carbocycles. The molecule has 1 fully saturated rings. The molecule has 0 heterocycles. The van der Waals surface area contributed by atoms with Crippen LogP contribution in [0.4, 0.5) is 0 Å². The van der Waals surface area contributed by atoms with Crippen LogP contribution in [0, 0.1) is 5.92 Å². The van der Waals surface area contributed by atoms with Crippen molar-refractivity contribution in [3.05, 3.63) is 33.8 Å². The predicted octanol–water partition coefficient (Wildman–Crippen LogP) is 3.37. The Morgan fingerprint density at radius 2 is 2.10 bits per heavy atom. The third-order valence-corrected chi connectivity index (χ3v) is 5.88. The van der Waals surface area contributed by atoms with Gasteiger partial charge in [-0.25, -0.2) is 0 Å². The van der Waals surface area contributed by atoms with Gasteiger partial charge in [0, 0.05) is 16.6 Å². The highest BCUT2D eigenvalue weighted by Gasteiger charge is 2.33. The summed E-state index contributed by atoms with van der Waals surface area (Å²) in [4.78, 5) is 2.65. The number of benzene rings is 1. The summed E-state index contributed by atoms with van der Waals surface area (Å²) in [7, 11) is 2.33. The minimum absolute atomic E-state index is 0.695. The lowest BCUT2D eigenvalue weighted by Crippen LogP contribution is -2.46. The van der Waals surface area contributed by atoms with Gasteiger partial charge >= 0.3 is 0 Å². The van der Waals surface area contributed by atoms with Crippen LogP contribution in [0.2, 0.25) is 0 Å². The Bertz CT molecular complexity index is 474. The fourth-order valence-corrected chi connectivity index (χ4v) is 4.56. The van der Waals surface area contributed by atoms with Crippen LogP contribution in [-0.4, -0.2) is 30.6 Å². The van der Waals surface area contributed by atoms with E-state index in [1.807, 2.05) is 0 Å². The number of fused-ring (bicyclic) bond motifs is 1. The third kappa shape index (κ3) is 2.81. The number of nitrogens with zero attached hydrogens (tertiary/aromatic N) is 1. The first-order chi connectivity index (χ1) is 9.69. The second-order valence-corrected chi connectivity index (χ2v) is 7.38. The summed E-state index contributed by atoms with van der Waals surface area (Å²) < 4.78 is 1.21. The van der Waals surface area contributed by atoms with E-state index in [0.29, 0.717) is 18.0 Å². The molecule has 3 rings (SSSR count). The van der Waals surface area contributed by atoms with Crippen LogP contribution >= 0.6 is 15.9 Å². The first kappa shape index (κ1) is 14.6. The van der Waals surface area contributed by atoms with Crippen molar-refractivity contribution < 1.29 is 0 Å². The zero-order chi connectivity index (χ0) is 14.1. The average Bonchev–Trinajstić information content (AvgIpc) is 2.94. The van der Waals surface area contributed by atoms with Crippen molar-refractivity contribution in [1.82, 2.24) is 4.90 Å². The van der Waals surface area contributed by atoms with E-state index in [1.165, 1.54) is 48.6 Å². The maximum atomic E-state index is 5.95. The third-order valence-electron chi connectivity index (χ3n) is 5.39. The lowest BCUT2D eigenvalue weighted by Gasteiger charge is -2.38. The Kier molecular flexibility index (Phi) is 4.49. The molecular formula is C17H25BrN2. The maximum absolute atomic E-state index is 5.95. The molecule has 1 aromatic rings. The molecule has 1 saturated carbocycles. The Morgan fingerprint density at radius 3 is 2.90 bits per heavy atom. The largest absolute Gasteiger partial charge is 0.330 e. The Hall–Kier alpha value is -0.380. The first-order valence-electron chi connectivity index (χ1n) is 7.88. The summed E-state index contributed by atoms with van der Waals surface area (Å²) in [5.74, 6) is 0.714. The van der Waals surface area contributed by atoms with Crippen LogP contribution in [0.3, 0.4) is 0 Å². The van der Waals surface area contributed by atoms with E-state index in [2.05, 4.69) is 46.1 Å². The fraction of sp³-hybridized carbons (Fsp3) is 0.647. The minimum Gasteiger partial charge on any atom is -0.330 e. The van der Waals surface area contributed by atoms with Gasteiger partial charge in [-0.3, -0.25) is 4.90 Å². The Labute approximate surface area is 130 Å². The van der Waals surface area contributed by atoms with Crippen LogP contribution < -0.4 is 5.73 Å². The summed E-state index contributed by atoms with van der Waals surface area (Å²) >= 11 is 3.58. The molecular weight excluding hydrogens is 312 g/mol. The molecule has 0 spiro atoms. The molecule has 3 unspecified atom stereocenters. The highest BCUT2D eigenvalue weighted by atomic mass is 79.9. The van der Waals surface area contributed by atoms with Gasteiger partial charge in [0.25, 0.3) is 0 Å². The van der Waals surface area contributed by atoms with Crippen molar-refractivity contribution in [3.63, 3.8) is 0 Å². The topological polar surface area (TPSA) is 29.3 Å². The van der Waals surface area contributed by atoms with Gasteiger partial charge in [0.05, 0.1) is 0 Å². The molecule has 2 N–H and O–H groups in total. The van der Waals surface area contributed by atoms with Gasteiger partial charge in [-0.2, -0.15) is 0 Å². The molecule has 0 bridgehead atoms. The molecule has 2 aliphatic rings. The van der Waals surface area contributed by atoms with Crippen LogP contribution in [0.15, 0.2) is 22.7 Å². The summed E-state index contributed by atoms with van der Waals surface area (Å²) in [6, 6.07) is 8.18. The molecule has 0 saturated heterocycles. The van der Waals surface area contributed by atoms with E-state index in [-0.39, 0.29) is 0 Å². The number of hydrogen-bond acceptors (Lipinski definition) is 2. The van der Waals surface area contributed by atoms with Gasteiger partial charge in [0.2, 0.25) is 0 Å². The van der Waals surface area contributed by atoms with E-state index in [1.54, 1.807) is 5.56 Å². The van der Waals surface area contributed by atoms with Crippen LogP contribution in [0.25, 0.3) is 0 Å². The van der Waals surface area contributed by atoms with Gasteiger partial charge in [-0.1, -0.05) is 28.4 Å². The number of aryl methyl sites for hydroxylation is 1. The zero-order valence-corrected chi connectivity index (χ0v) is 13.9. The Balaban J connectivity index is 1.71. The number of hydrogen-bond donors (Lipinski definition) is 1. The number of nitrogens with two attached hydrogens (primary N) is 1. The molecule has 0 radical (unpaired) electrons. The lowest BCUT2D eigenvalue weighted by atomic mass is 9.86. The average molecular weight is 337 g/mol. The molecule has 1 aromatic carbocycles. The van der Waals surface area contributed by atoms with E-state index in [4.69, 9.17) is 5.73 Å². The van der Waals surface area contributed by atoms with Gasteiger partial charge in [-0.05, 0) is 74.9 Å². The highest BCUT2D eigenvalue weighted by Crippen LogP contribution is 2.33. The quantitative estimate of drug-likeness (QED) is 0.916. The van der Waals surface area contributed by atoms with Crippen LogP contribution in [-0.2, 0) is 12.8 Å². The second kappa shape index (κ2) is 6.17. The van der Waals surface area contributed by atoms with Crippen molar-refractivity contribution in [2.45, 2.75) is 50.6 Å². The van der Waals surface area contributed by atoms with Crippen molar-refractivity contribution >= 4 is 15.9 Å². The lowest BCUT2D eigenvalue weighted by molar-refractivity contribution is 0.131. The molecule has 20 heavy (non-hydrogen) atoms. The molecule has 0 amide bonds. The number of rotatable bonds is 3. The SMILES string of the molecule is CN(C1CCc2cc(Br)ccc2C1)C1CCCC1CN. The van der Waals surface area contributed by atoms with Crippen LogP contribution in [0.5, 0.6) is 0 Å². The van der Waals surface area contributed by atoms with E-state index in [9.17, 15) is 0 Å². The normalized spacial score (nSPS) is 29.7. The van der Waals surface area contributed by atoms with Gasteiger partial charge in [0.15, 0.2) is 0 Å². The highest BCUT2D eigenvalue weighted by molar-refractivity contribution is 9.10. The monoisotopic (exact) mass is 336 g/mol. The maximum Gasteiger partial charge on any atom is 0.0178 e. The van der Waals surface area contributed by atoms with Gasteiger partial charge < -0.3 is 5.73 Å². The van der Waals surface area contributed by atoms with E-state index >= 15 is 0 Å². The van der Waals surface area contributed by atoms with Gasteiger partial charge in [-0.15, -0.1) is 0 Å². The van der Waals surface area contributed by atoms with Crippen molar-refractivity contribution in [2.75, 3.05) is 13.6 Å². The van der Waals surface area contributed by atoms with Crippen molar-refractivity contribution in [2.24, 2.45) is 11.7 Å². The summed E-state index contributed by atoms with van der Waals surface area (Å²) in [5, 5.41) is 0. The molecule has 3 heteroatoms. The number of halogens is 1. The van der Waals surface area contributed by atoms with Crippen LogP contribution in [0.1, 0.15) is 36.8 Å². The summed E-state index contributed by atoms with van der Waals surface area (Å²) in [5.41, 5.74) is 9.03. The zero-order valence-electron chi connectivity index (χ0n) is 12.3. The number of likely N-dealkylation sites (N-methyl/N-ethyl adjacent to an activating group) is 1. The van der Waals surface area contributed by atoms with E-state index < -0.39 is 0 Å². The molecule has 3 atom stereocenters. The predicted molar refractivity (Wildman–Crippen MR) is 87.9 cm³/mol. The summed E-state index contributed by atoms with van der Waals surface area (Å²) in [6.07, 6.45) is 7.71. The van der Waals surface area contributed by atoms with Crippen molar-refractivity contribution in [1.29, 1.82) is 0 Å². The molecule has 110 valence electrons.